The van der Waals surface area contributed by atoms with Crippen molar-refractivity contribution in [1.29, 1.82) is 0 Å². The number of carbonyl (C=O) groups is 1. The molecule has 0 aliphatic carbocycles. The van der Waals surface area contributed by atoms with Gasteiger partial charge >= 0.3 is 0 Å². The van der Waals surface area contributed by atoms with Gasteiger partial charge < -0.3 is 9.84 Å². The van der Waals surface area contributed by atoms with E-state index in [-0.39, 0.29) is 12.3 Å². The molecule has 0 unspecified atom stereocenters. The fourth-order valence-electron chi connectivity index (χ4n) is 2.89. The van der Waals surface area contributed by atoms with Crippen molar-refractivity contribution in [3.05, 3.63) is 95.1 Å². The first kappa shape index (κ1) is 18.8. The number of anilines is 1. The van der Waals surface area contributed by atoms with Gasteiger partial charge in [0, 0.05) is 28.7 Å². The fourth-order valence-corrected chi connectivity index (χ4v) is 3.01. The molecule has 0 aliphatic rings. The molecular weight excluding hydrogens is 388 g/mol. The van der Waals surface area contributed by atoms with Gasteiger partial charge in [0.15, 0.2) is 0 Å². The summed E-state index contributed by atoms with van der Waals surface area (Å²) in [4.78, 5) is 20.9. The molecule has 4 rings (SSSR count). The Kier molecular flexibility index (Phi) is 5.63. The first-order chi connectivity index (χ1) is 14.2. The van der Waals surface area contributed by atoms with Crippen LogP contribution in [0.4, 0.5) is 5.69 Å². The average molecular weight is 405 g/mol. The molecule has 6 nitrogen and oxygen atoms in total. The molecule has 0 aliphatic heterocycles. The predicted octanol–water partition coefficient (Wildman–Crippen LogP) is 4.56. The highest BCUT2D eigenvalue weighted by molar-refractivity contribution is 6.30. The van der Waals surface area contributed by atoms with E-state index in [0.29, 0.717) is 23.2 Å². The van der Waals surface area contributed by atoms with Crippen molar-refractivity contribution in [2.24, 2.45) is 0 Å². The molecule has 0 saturated carbocycles. The molecule has 1 N–H and O–H groups in total. The van der Waals surface area contributed by atoms with Crippen molar-refractivity contribution in [3.8, 4) is 11.4 Å². The first-order valence-electron chi connectivity index (χ1n) is 9.02. The number of benzene rings is 2. The van der Waals surface area contributed by atoms with Gasteiger partial charge in [-0.15, -0.1) is 0 Å². The van der Waals surface area contributed by atoms with E-state index in [9.17, 15) is 4.79 Å². The molecular formula is C22H17ClN4O2. The third kappa shape index (κ3) is 4.86. The lowest BCUT2D eigenvalue weighted by atomic mass is 10.1. The molecule has 2 aromatic carbocycles. The molecule has 7 heteroatoms. The van der Waals surface area contributed by atoms with E-state index >= 15 is 0 Å². The molecule has 0 fully saturated rings. The highest BCUT2D eigenvalue weighted by atomic mass is 35.5. The number of hydrogen-bond donors (Lipinski definition) is 1. The predicted molar refractivity (Wildman–Crippen MR) is 111 cm³/mol. The number of rotatable bonds is 6. The van der Waals surface area contributed by atoms with Crippen LogP contribution in [-0.4, -0.2) is 21.0 Å². The minimum atomic E-state index is -0.109. The summed E-state index contributed by atoms with van der Waals surface area (Å²) in [5.74, 6) is 0.866. The Balaban J connectivity index is 1.46. The van der Waals surface area contributed by atoms with Crippen LogP contribution >= 0.6 is 11.6 Å². The molecule has 0 atom stereocenters. The van der Waals surface area contributed by atoms with Crippen LogP contribution in [0, 0.1) is 0 Å². The molecule has 4 aromatic rings. The standard InChI is InChI=1S/C22H17ClN4O2/c23-18-7-5-15(6-8-18)13-20(28)25-19-4-2-1-3-17(19)14-21-26-22(27-29-21)16-9-11-24-12-10-16/h1-12H,13-14H2,(H,25,28). The number of carbonyl (C=O) groups excluding carboxylic acids is 1. The van der Waals surface area contributed by atoms with Crippen LogP contribution < -0.4 is 5.32 Å². The molecule has 29 heavy (non-hydrogen) atoms. The molecule has 144 valence electrons. The summed E-state index contributed by atoms with van der Waals surface area (Å²) in [6.07, 6.45) is 4.03. The topological polar surface area (TPSA) is 80.9 Å². The quantitative estimate of drug-likeness (QED) is 0.509. The second-order valence-corrected chi connectivity index (χ2v) is 6.87. The van der Waals surface area contributed by atoms with Crippen molar-refractivity contribution >= 4 is 23.2 Å². The van der Waals surface area contributed by atoms with E-state index in [0.717, 1.165) is 22.4 Å². The molecule has 0 spiro atoms. The molecule has 0 saturated heterocycles. The monoisotopic (exact) mass is 404 g/mol. The zero-order valence-electron chi connectivity index (χ0n) is 15.4. The summed E-state index contributed by atoms with van der Waals surface area (Å²) in [6.45, 7) is 0. The minimum absolute atomic E-state index is 0.109. The maximum absolute atomic E-state index is 12.5. The maximum Gasteiger partial charge on any atom is 0.231 e. The number of hydrogen-bond acceptors (Lipinski definition) is 5. The number of pyridine rings is 1. The van der Waals surface area contributed by atoms with Crippen LogP contribution in [0.2, 0.25) is 5.02 Å². The Labute approximate surface area is 172 Å². The van der Waals surface area contributed by atoms with Crippen LogP contribution in [0.25, 0.3) is 11.4 Å². The van der Waals surface area contributed by atoms with Gasteiger partial charge in [0.05, 0.1) is 12.8 Å². The highest BCUT2D eigenvalue weighted by Gasteiger charge is 2.13. The van der Waals surface area contributed by atoms with Gasteiger partial charge in [0.2, 0.25) is 17.6 Å². The van der Waals surface area contributed by atoms with Gasteiger partial charge in [-0.1, -0.05) is 47.1 Å². The van der Waals surface area contributed by atoms with Crippen molar-refractivity contribution < 1.29 is 9.32 Å². The first-order valence-corrected chi connectivity index (χ1v) is 9.40. The Bertz CT molecular complexity index is 1110. The van der Waals surface area contributed by atoms with E-state index in [1.165, 1.54) is 0 Å². The van der Waals surface area contributed by atoms with Gasteiger partial charge in [0.1, 0.15) is 0 Å². The number of halogens is 1. The van der Waals surface area contributed by atoms with Crippen molar-refractivity contribution in [1.82, 2.24) is 15.1 Å². The lowest BCUT2D eigenvalue weighted by Crippen LogP contribution is -2.15. The molecule has 2 aromatic heterocycles. The minimum Gasteiger partial charge on any atom is -0.339 e. The van der Waals surface area contributed by atoms with Gasteiger partial charge in [-0.05, 0) is 41.5 Å². The third-order valence-electron chi connectivity index (χ3n) is 4.32. The number of nitrogens with one attached hydrogen (secondary N) is 1. The number of aromatic nitrogens is 3. The summed E-state index contributed by atoms with van der Waals surface area (Å²) in [5, 5.41) is 7.63. The Morgan fingerprint density at radius 2 is 1.76 bits per heavy atom. The highest BCUT2D eigenvalue weighted by Crippen LogP contribution is 2.21. The fraction of sp³-hybridized carbons (Fsp3) is 0.0909. The Morgan fingerprint density at radius 3 is 2.55 bits per heavy atom. The average Bonchev–Trinajstić information content (AvgIpc) is 3.20. The number of amides is 1. The van der Waals surface area contributed by atoms with Gasteiger partial charge in [-0.3, -0.25) is 9.78 Å². The maximum atomic E-state index is 12.5. The third-order valence-corrected chi connectivity index (χ3v) is 4.57. The van der Waals surface area contributed by atoms with E-state index in [4.69, 9.17) is 16.1 Å². The summed E-state index contributed by atoms with van der Waals surface area (Å²) < 4.78 is 5.38. The lowest BCUT2D eigenvalue weighted by Gasteiger charge is -2.10. The Morgan fingerprint density at radius 1 is 1.00 bits per heavy atom. The SMILES string of the molecule is O=C(Cc1ccc(Cl)cc1)Nc1ccccc1Cc1nc(-c2ccncc2)no1. The molecule has 1 amide bonds. The molecule has 2 heterocycles. The second-order valence-electron chi connectivity index (χ2n) is 6.43. The van der Waals surface area contributed by atoms with Crippen molar-refractivity contribution in [3.63, 3.8) is 0 Å². The zero-order chi connectivity index (χ0) is 20.1. The van der Waals surface area contributed by atoms with Gasteiger partial charge in [-0.2, -0.15) is 4.98 Å². The van der Waals surface area contributed by atoms with Crippen LogP contribution in [-0.2, 0) is 17.6 Å². The van der Waals surface area contributed by atoms with Crippen LogP contribution in [0.15, 0.2) is 77.6 Å². The zero-order valence-corrected chi connectivity index (χ0v) is 16.1. The molecule has 0 bridgehead atoms. The smallest absolute Gasteiger partial charge is 0.231 e. The van der Waals surface area contributed by atoms with Gasteiger partial charge in [-0.25, -0.2) is 0 Å². The van der Waals surface area contributed by atoms with Crippen LogP contribution in [0.5, 0.6) is 0 Å². The Hall–Kier alpha value is -3.51. The van der Waals surface area contributed by atoms with Crippen LogP contribution in [0.3, 0.4) is 0 Å². The van der Waals surface area contributed by atoms with Crippen LogP contribution in [0.1, 0.15) is 17.0 Å². The van der Waals surface area contributed by atoms with E-state index in [2.05, 4.69) is 20.4 Å². The molecule has 0 radical (unpaired) electrons. The van der Waals surface area contributed by atoms with E-state index in [1.807, 2.05) is 48.5 Å². The largest absolute Gasteiger partial charge is 0.339 e. The normalized spacial score (nSPS) is 10.7. The summed E-state index contributed by atoms with van der Waals surface area (Å²) in [7, 11) is 0. The van der Waals surface area contributed by atoms with E-state index < -0.39 is 0 Å². The second kappa shape index (κ2) is 8.67. The summed E-state index contributed by atoms with van der Waals surface area (Å²) >= 11 is 5.89. The lowest BCUT2D eigenvalue weighted by molar-refractivity contribution is -0.115. The number of nitrogens with zero attached hydrogens (tertiary/aromatic N) is 3. The van der Waals surface area contributed by atoms with Gasteiger partial charge in [0.25, 0.3) is 0 Å². The van der Waals surface area contributed by atoms with Crippen molar-refractivity contribution in [2.75, 3.05) is 5.32 Å². The van der Waals surface area contributed by atoms with E-state index in [1.54, 1.807) is 24.5 Å². The van der Waals surface area contributed by atoms with Crippen molar-refractivity contribution in [2.45, 2.75) is 12.8 Å². The summed E-state index contributed by atoms with van der Waals surface area (Å²) in [6, 6.07) is 18.4. The number of para-hydroxylation sites is 1. The summed E-state index contributed by atoms with van der Waals surface area (Å²) in [5.41, 5.74) is 3.33.